The minimum Gasteiger partial charge on any atom is -0.334 e. The number of carbonyl (C=O) groups is 1. The number of halogens is 1. The van der Waals surface area contributed by atoms with Crippen LogP contribution in [0.25, 0.3) is 0 Å². The van der Waals surface area contributed by atoms with Crippen molar-refractivity contribution in [1.82, 2.24) is 15.1 Å². The quantitative estimate of drug-likeness (QED) is 0.783. The molecule has 0 aliphatic carbocycles. The molecule has 0 aromatic heterocycles. The lowest BCUT2D eigenvalue weighted by atomic mass is 10.2. The van der Waals surface area contributed by atoms with Gasteiger partial charge in [0.25, 0.3) is 0 Å². The number of rotatable bonds is 5. The molecule has 6 nitrogen and oxygen atoms in total. The second kappa shape index (κ2) is 9.61. The highest BCUT2D eigenvalue weighted by molar-refractivity contribution is 7.90. The average Bonchev–Trinajstić information content (AvgIpc) is 2.93. The molecule has 1 N–H and O–H groups in total. The van der Waals surface area contributed by atoms with Gasteiger partial charge in [-0.05, 0) is 41.8 Å². The van der Waals surface area contributed by atoms with Crippen molar-refractivity contribution >= 4 is 27.5 Å². The first-order valence-electron chi connectivity index (χ1n) is 9.60. The molecule has 0 spiro atoms. The van der Waals surface area contributed by atoms with Crippen LogP contribution in [0.1, 0.15) is 17.5 Å². The predicted octanol–water partition coefficient (Wildman–Crippen LogP) is 3.16. The molecule has 1 heterocycles. The van der Waals surface area contributed by atoms with Crippen LogP contribution in [0.4, 0.5) is 4.79 Å². The summed E-state index contributed by atoms with van der Waals surface area (Å²) in [7, 11) is -3.21. The molecule has 1 saturated heterocycles. The molecule has 3 rings (SSSR count). The van der Waals surface area contributed by atoms with E-state index in [1.165, 1.54) is 11.8 Å². The molecule has 0 unspecified atom stereocenters. The zero-order valence-electron chi connectivity index (χ0n) is 16.5. The Hall–Kier alpha value is -2.09. The van der Waals surface area contributed by atoms with E-state index in [2.05, 4.69) is 10.2 Å². The molecule has 156 valence electrons. The maximum atomic E-state index is 12.5. The molecule has 1 fully saturated rings. The Morgan fingerprint density at radius 2 is 1.62 bits per heavy atom. The van der Waals surface area contributed by atoms with Crippen molar-refractivity contribution in [1.29, 1.82) is 0 Å². The molecule has 0 saturated carbocycles. The van der Waals surface area contributed by atoms with Crippen molar-refractivity contribution in [3.05, 3.63) is 64.7 Å². The Bertz CT molecular complexity index is 931. The van der Waals surface area contributed by atoms with Gasteiger partial charge in [0, 0.05) is 50.5 Å². The van der Waals surface area contributed by atoms with Gasteiger partial charge in [0.2, 0.25) is 0 Å². The standard InChI is InChI=1S/C21H26ClN3O3S/c1-29(27,28)20-9-5-17(6-10-20)15-23-21(26)25-12-2-11-24(13-14-25)16-18-3-7-19(22)8-4-18/h3-10H,2,11-16H2,1H3,(H,23,26). The lowest BCUT2D eigenvalue weighted by Gasteiger charge is -2.22. The number of nitrogens with one attached hydrogen (secondary N) is 1. The normalized spacial score (nSPS) is 15.7. The van der Waals surface area contributed by atoms with Crippen molar-refractivity contribution in [2.24, 2.45) is 0 Å². The van der Waals surface area contributed by atoms with Gasteiger partial charge in [-0.1, -0.05) is 35.9 Å². The fraction of sp³-hybridized carbons (Fsp3) is 0.381. The van der Waals surface area contributed by atoms with Crippen LogP contribution in [-0.4, -0.2) is 56.7 Å². The second-order valence-corrected chi connectivity index (χ2v) is 9.77. The molecule has 1 aliphatic heterocycles. The first-order chi connectivity index (χ1) is 13.8. The first-order valence-corrected chi connectivity index (χ1v) is 11.9. The number of hydrogen-bond donors (Lipinski definition) is 1. The fourth-order valence-corrected chi connectivity index (χ4v) is 4.08. The van der Waals surface area contributed by atoms with Crippen LogP contribution in [0, 0.1) is 0 Å². The van der Waals surface area contributed by atoms with Crippen molar-refractivity contribution in [3.8, 4) is 0 Å². The molecule has 8 heteroatoms. The summed E-state index contributed by atoms with van der Waals surface area (Å²) in [4.78, 5) is 17.0. The molecular formula is C21H26ClN3O3S. The van der Waals surface area contributed by atoms with Gasteiger partial charge in [-0.3, -0.25) is 4.90 Å². The van der Waals surface area contributed by atoms with E-state index in [9.17, 15) is 13.2 Å². The van der Waals surface area contributed by atoms with Gasteiger partial charge in [0.05, 0.1) is 4.90 Å². The zero-order chi connectivity index (χ0) is 20.9. The fourth-order valence-electron chi connectivity index (χ4n) is 3.32. The minimum absolute atomic E-state index is 0.0921. The molecule has 0 bridgehead atoms. The van der Waals surface area contributed by atoms with E-state index in [0.29, 0.717) is 13.1 Å². The van der Waals surface area contributed by atoms with Crippen LogP contribution in [0.3, 0.4) is 0 Å². The van der Waals surface area contributed by atoms with E-state index in [-0.39, 0.29) is 10.9 Å². The van der Waals surface area contributed by atoms with Gasteiger partial charge in [-0.15, -0.1) is 0 Å². The van der Waals surface area contributed by atoms with Crippen molar-refractivity contribution < 1.29 is 13.2 Å². The molecule has 2 aromatic rings. The predicted molar refractivity (Wildman–Crippen MR) is 115 cm³/mol. The Labute approximate surface area is 177 Å². The van der Waals surface area contributed by atoms with Gasteiger partial charge < -0.3 is 10.2 Å². The third-order valence-electron chi connectivity index (χ3n) is 4.99. The third-order valence-corrected chi connectivity index (χ3v) is 6.37. The van der Waals surface area contributed by atoms with Gasteiger partial charge >= 0.3 is 6.03 Å². The van der Waals surface area contributed by atoms with E-state index in [1.54, 1.807) is 24.3 Å². The summed E-state index contributed by atoms with van der Waals surface area (Å²) in [6.07, 6.45) is 2.10. The number of benzene rings is 2. The molecule has 2 amide bonds. The van der Waals surface area contributed by atoms with E-state index in [4.69, 9.17) is 11.6 Å². The van der Waals surface area contributed by atoms with Crippen LogP contribution in [0.2, 0.25) is 5.02 Å². The van der Waals surface area contributed by atoms with Gasteiger partial charge in [-0.2, -0.15) is 0 Å². The number of urea groups is 1. The minimum atomic E-state index is -3.21. The van der Waals surface area contributed by atoms with E-state index in [1.807, 2.05) is 29.2 Å². The zero-order valence-corrected chi connectivity index (χ0v) is 18.0. The lowest BCUT2D eigenvalue weighted by molar-refractivity contribution is 0.197. The molecule has 1 aliphatic rings. The molecule has 29 heavy (non-hydrogen) atoms. The highest BCUT2D eigenvalue weighted by atomic mass is 35.5. The number of amides is 2. The Morgan fingerprint density at radius 1 is 0.966 bits per heavy atom. The number of hydrogen-bond acceptors (Lipinski definition) is 4. The first kappa shape index (κ1) is 21.6. The van der Waals surface area contributed by atoms with Gasteiger partial charge in [0.15, 0.2) is 9.84 Å². The number of sulfone groups is 1. The van der Waals surface area contributed by atoms with Crippen LogP contribution in [-0.2, 0) is 22.9 Å². The topological polar surface area (TPSA) is 69.7 Å². The van der Waals surface area contributed by atoms with E-state index < -0.39 is 9.84 Å². The highest BCUT2D eigenvalue weighted by Crippen LogP contribution is 2.14. The van der Waals surface area contributed by atoms with Crippen LogP contribution < -0.4 is 5.32 Å². The average molecular weight is 436 g/mol. The summed E-state index contributed by atoms with van der Waals surface area (Å²) in [5.41, 5.74) is 2.08. The summed E-state index contributed by atoms with van der Waals surface area (Å²) in [5, 5.41) is 3.66. The van der Waals surface area contributed by atoms with Crippen LogP contribution >= 0.6 is 11.6 Å². The summed E-state index contributed by atoms with van der Waals surface area (Å²) < 4.78 is 23.0. The van der Waals surface area contributed by atoms with E-state index in [0.717, 1.165) is 43.2 Å². The molecule has 0 radical (unpaired) electrons. The maximum absolute atomic E-state index is 12.5. The Morgan fingerprint density at radius 3 is 2.28 bits per heavy atom. The lowest BCUT2D eigenvalue weighted by Crippen LogP contribution is -2.41. The number of carbonyl (C=O) groups excluding carboxylic acids is 1. The highest BCUT2D eigenvalue weighted by Gasteiger charge is 2.19. The van der Waals surface area contributed by atoms with Gasteiger partial charge in [0.1, 0.15) is 0 Å². The third kappa shape index (κ3) is 6.45. The van der Waals surface area contributed by atoms with Crippen molar-refractivity contribution in [2.45, 2.75) is 24.4 Å². The summed E-state index contributed by atoms with van der Waals surface area (Å²) >= 11 is 5.94. The van der Waals surface area contributed by atoms with Crippen LogP contribution in [0.5, 0.6) is 0 Å². The molecule has 2 aromatic carbocycles. The molecule has 0 atom stereocenters. The van der Waals surface area contributed by atoms with Crippen molar-refractivity contribution in [3.63, 3.8) is 0 Å². The second-order valence-electron chi connectivity index (χ2n) is 7.32. The van der Waals surface area contributed by atoms with Crippen molar-refractivity contribution in [2.75, 3.05) is 32.4 Å². The Kier molecular flexibility index (Phi) is 7.16. The van der Waals surface area contributed by atoms with E-state index >= 15 is 0 Å². The SMILES string of the molecule is CS(=O)(=O)c1ccc(CNC(=O)N2CCCN(Cc3ccc(Cl)cc3)CC2)cc1. The van der Waals surface area contributed by atoms with Crippen LogP contribution in [0.15, 0.2) is 53.4 Å². The molecular weight excluding hydrogens is 410 g/mol. The monoisotopic (exact) mass is 435 g/mol. The Balaban J connectivity index is 1.48. The summed E-state index contributed by atoms with van der Waals surface area (Å²) in [5.74, 6) is 0. The largest absolute Gasteiger partial charge is 0.334 e. The number of nitrogens with zero attached hydrogens (tertiary/aromatic N) is 2. The summed E-state index contributed by atoms with van der Waals surface area (Å²) in [6.45, 7) is 4.37. The maximum Gasteiger partial charge on any atom is 0.317 e. The van der Waals surface area contributed by atoms with Gasteiger partial charge in [-0.25, -0.2) is 13.2 Å². The summed E-state index contributed by atoms with van der Waals surface area (Å²) in [6, 6.07) is 14.4. The smallest absolute Gasteiger partial charge is 0.317 e.